The van der Waals surface area contributed by atoms with Gasteiger partial charge in [0.1, 0.15) is 21.7 Å². The summed E-state index contributed by atoms with van der Waals surface area (Å²) in [6.45, 7) is 0. The molecule has 2 aromatic carbocycles. The van der Waals surface area contributed by atoms with Crippen LogP contribution in [0.2, 0.25) is 5.02 Å². The Labute approximate surface area is 202 Å². The Hall–Kier alpha value is -3.56. The third-order valence-corrected chi connectivity index (χ3v) is 5.67. The minimum atomic E-state index is -0.564. The molecule has 0 aliphatic rings. The predicted molar refractivity (Wildman–Crippen MR) is 129 cm³/mol. The van der Waals surface area contributed by atoms with Crippen molar-refractivity contribution in [2.45, 2.75) is 0 Å². The van der Waals surface area contributed by atoms with Gasteiger partial charge in [-0.1, -0.05) is 23.7 Å². The number of pyridine rings is 1. The lowest BCUT2D eigenvalue weighted by atomic mass is 10.0. The molecule has 8 nitrogen and oxygen atoms in total. The number of nitrogens with one attached hydrogen (secondary N) is 3. The molecule has 10 heteroatoms. The van der Waals surface area contributed by atoms with Crippen molar-refractivity contribution in [1.82, 2.24) is 20.8 Å². The van der Waals surface area contributed by atoms with Crippen LogP contribution in [0.1, 0.15) is 20.7 Å². The fourth-order valence-electron chi connectivity index (χ4n) is 3.46. The van der Waals surface area contributed by atoms with E-state index >= 15 is 0 Å². The molecule has 0 radical (unpaired) electrons. The molecule has 0 bridgehead atoms. The zero-order valence-electron chi connectivity index (χ0n) is 17.5. The second-order valence-corrected chi connectivity index (χ2v) is 8.14. The van der Waals surface area contributed by atoms with Crippen LogP contribution in [0.3, 0.4) is 0 Å². The van der Waals surface area contributed by atoms with Crippen LogP contribution in [0, 0.1) is 0 Å². The number of nitrogens with zero attached hydrogens (tertiary/aromatic N) is 1. The van der Waals surface area contributed by atoms with Gasteiger partial charge in [-0.15, -0.1) is 0 Å². The normalized spacial score (nSPS) is 10.7. The molecule has 0 saturated heterocycles. The molecule has 0 spiro atoms. The number of fused-ring (bicyclic) bond motifs is 1. The van der Waals surface area contributed by atoms with Crippen molar-refractivity contribution in [3.8, 4) is 22.6 Å². The fourth-order valence-corrected chi connectivity index (χ4v) is 3.95. The van der Waals surface area contributed by atoms with Crippen LogP contribution < -0.4 is 20.3 Å². The lowest BCUT2D eigenvalue weighted by Crippen LogP contribution is -2.41. The third kappa shape index (κ3) is 4.50. The SMILES string of the molecule is COc1cc(OC)c2c(-c3ccc(Cl)cc3)c[nH]c2c1C(=O)NNC(=O)c1ccnc(Br)c1. The third-order valence-electron chi connectivity index (χ3n) is 4.99. The molecule has 0 aliphatic carbocycles. The molecule has 2 heterocycles. The molecule has 4 aromatic rings. The minimum Gasteiger partial charge on any atom is -0.496 e. The fraction of sp³-hybridized carbons (Fsp3) is 0.0870. The van der Waals surface area contributed by atoms with E-state index in [-0.39, 0.29) is 11.3 Å². The Bertz CT molecular complexity index is 1350. The number of methoxy groups -OCH3 is 2. The number of hydrogen-bond acceptors (Lipinski definition) is 5. The first kappa shape index (κ1) is 22.6. The monoisotopic (exact) mass is 528 g/mol. The van der Waals surface area contributed by atoms with Gasteiger partial charge in [-0.05, 0) is 45.8 Å². The molecule has 0 aliphatic heterocycles. The number of carbonyl (C=O) groups excluding carboxylic acids is 2. The number of H-pyrrole nitrogens is 1. The summed E-state index contributed by atoms with van der Waals surface area (Å²) in [7, 11) is 2.99. The van der Waals surface area contributed by atoms with Gasteiger partial charge in [0, 0.05) is 34.6 Å². The maximum atomic E-state index is 13.1. The van der Waals surface area contributed by atoms with Crippen LogP contribution in [0.4, 0.5) is 0 Å². The first-order valence-electron chi connectivity index (χ1n) is 9.67. The standard InChI is InChI=1S/C23H18BrClN4O4/c1-32-16-10-17(33-2)20(23(31)29-28-22(30)13-7-8-26-18(24)9-13)21-19(16)15(11-27-21)12-3-5-14(25)6-4-12/h3-11,27H,1-2H3,(H,28,30)(H,29,31). The van der Waals surface area contributed by atoms with Crippen LogP contribution in [0.15, 0.2) is 59.5 Å². The summed E-state index contributed by atoms with van der Waals surface area (Å²) in [5, 5.41) is 1.31. The van der Waals surface area contributed by atoms with E-state index in [9.17, 15) is 9.59 Å². The number of amides is 2. The first-order chi connectivity index (χ1) is 15.9. The van der Waals surface area contributed by atoms with Crippen molar-refractivity contribution < 1.29 is 19.1 Å². The van der Waals surface area contributed by atoms with Crippen LogP contribution in [0.5, 0.6) is 11.5 Å². The summed E-state index contributed by atoms with van der Waals surface area (Å²) in [6.07, 6.45) is 3.26. The number of rotatable bonds is 5. The van der Waals surface area contributed by atoms with Crippen LogP contribution in [-0.4, -0.2) is 36.0 Å². The molecular weight excluding hydrogens is 512 g/mol. The lowest BCUT2D eigenvalue weighted by Gasteiger charge is -2.14. The highest BCUT2D eigenvalue weighted by atomic mass is 79.9. The Kier molecular flexibility index (Phi) is 6.52. The molecule has 4 rings (SSSR count). The lowest BCUT2D eigenvalue weighted by molar-refractivity contribution is 0.0845. The molecule has 3 N–H and O–H groups in total. The van der Waals surface area contributed by atoms with E-state index in [1.807, 2.05) is 12.1 Å². The Morgan fingerprint density at radius 3 is 2.36 bits per heavy atom. The van der Waals surface area contributed by atoms with Gasteiger partial charge in [-0.2, -0.15) is 0 Å². The van der Waals surface area contributed by atoms with Crippen molar-refractivity contribution in [3.05, 3.63) is 75.6 Å². The van der Waals surface area contributed by atoms with Crippen molar-refractivity contribution in [2.24, 2.45) is 0 Å². The number of carbonyl (C=O) groups is 2. The quantitative estimate of drug-likeness (QED) is 0.256. The topological polar surface area (TPSA) is 105 Å². The summed E-state index contributed by atoms with van der Waals surface area (Å²) >= 11 is 9.24. The summed E-state index contributed by atoms with van der Waals surface area (Å²) in [5.41, 5.74) is 7.60. The molecule has 0 unspecified atom stereocenters. The van der Waals surface area contributed by atoms with Crippen LogP contribution >= 0.6 is 27.5 Å². The largest absolute Gasteiger partial charge is 0.496 e. The predicted octanol–water partition coefficient (Wildman–Crippen LogP) is 4.74. The molecule has 0 saturated carbocycles. The van der Waals surface area contributed by atoms with Gasteiger partial charge in [-0.3, -0.25) is 20.4 Å². The second kappa shape index (κ2) is 9.51. The van der Waals surface area contributed by atoms with Gasteiger partial charge in [0.05, 0.1) is 25.1 Å². The van der Waals surface area contributed by atoms with Crippen molar-refractivity contribution in [3.63, 3.8) is 0 Å². The summed E-state index contributed by atoms with van der Waals surface area (Å²) in [4.78, 5) is 32.7. The number of hydrogen-bond donors (Lipinski definition) is 3. The van der Waals surface area contributed by atoms with Crippen LogP contribution in [-0.2, 0) is 0 Å². The number of aromatic amines is 1. The average molecular weight is 530 g/mol. The van der Waals surface area contributed by atoms with Crippen molar-refractivity contribution in [2.75, 3.05) is 14.2 Å². The van der Waals surface area contributed by atoms with E-state index in [4.69, 9.17) is 21.1 Å². The highest BCUT2D eigenvalue weighted by Gasteiger charge is 2.24. The summed E-state index contributed by atoms with van der Waals surface area (Å²) in [6, 6.07) is 12.0. The van der Waals surface area contributed by atoms with Gasteiger partial charge >= 0.3 is 0 Å². The van der Waals surface area contributed by atoms with Crippen molar-refractivity contribution >= 4 is 50.2 Å². The van der Waals surface area contributed by atoms with Gasteiger partial charge in [0.2, 0.25) is 0 Å². The second-order valence-electron chi connectivity index (χ2n) is 6.89. The number of halogens is 2. The maximum Gasteiger partial charge on any atom is 0.275 e. The number of aromatic nitrogens is 2. The number of benzene rings is 2. The van der Waals surface area contributed by atoms with E-state index in [0.717, 1.165) is 11.1 Å². The molecular formula is C23H18BrClN4O4. The Morgan fingerprint density at radius 2 is 1.70 bits per heavy atom. The Balaban J connectivity index is 1.72. The number of ether oxygens (including phenoxy) is 2. The van der Waals surface area contributed by atoms with E-state index < -0.39 is 11.8 Å². The number of hydrazine groups is 1. The van der Waals surface area contributed by atoms with E-state index in [2.05, 4.69) is 36.7 Å². The molecule has 33 heavy (non-hydrogen) atoms. The van der Waals surface area contributed by atoms with Gasteiger partial charge in [-0.25, -0.2) is 4.98 Å². The van der Waals surface area contributed by atoms with Gasteiger partial charge in [0.25, 0.3) is 11.8 Å². The molecule has 2 amide bonds. The molecule has 0 fully saturated rings. The van der Waals surface area contributed by atoms with Gasteiger partial charge in [0.15, 0.2) is 0 Å². The van der Waals surface area contributed by atoms with Crippen LogP contribution in [0.25, 0.3) is 22.0 Å². The first-order valence-corrected chi connectivity index (χ1v) is 10.8. The molecule has 2 aromatic heterocycles. The zero-order chi connectivity index (χ0) is 23.5. The van der Waals surface area contributed by atoms with E-state index in [1.54, 1.807) is 31.5 Å². The molecule has 168 valence electrons. The highest BCUT2D eigenvalue weighted by Crippen LogP contribution is 2.41. The summed E-state index contributed by atoms with van der Waals surface area (Å²) in [5.74, 6) is -0.258. The highest BCUT2D eigenvalue weighted by molar-refractivity contribution is 9.10. The Morgan fingerprint density at radius 1 is 1.00 bits per heavy atom. The van der Waals surface area contributed by atoms with Gasteiger partial charge < -0.3 is 14.5 Å². The van der Waals surface area contributed by atoms with E-state index in [1.165, 1.54) is 25.4 Å². The smallest absolute Gasteiger partial charge is 0.275 e. The van der Waals surface area contributed by atoms with E-state index in [0.29, 0.717) is 31.8 Å². The minimum absolute atomic E-state index is 0.213. The molecule has 0 atom stereocenters. The summed E-state index contributed by atoms with van der Waals surface area (Å²) < 4.78 is 11.5. The zero-order valence-corrected chi connectivity index (χ0v) is 19.9. The average Bonchev–Trinajstić information content (AvgIpc) is 3.26. The maximum absolute atomic E-state index is 13.1. The van der Waals surface area contributed by atoms with Crippen molar-refractivity contribution in [1.29, 1.82) is 0 Å².